The molecule has 1 aromatic carbocycles. The van der Waals surface area contributed by atoms with Crippen LogP contribution in [0.25, 0.3) is 0 Å². The maximum Gasteiger partial charge on any atom is 0.163 e. The summed E-state index contributed by atoms with van der Waals surface area (Å²) in [6, 6.07) is 7.94. The summed E-state index contributed by atoms with van der Waals surface area (Å²) in [6.07, 6.45) is 0.643. The molecule has 0 fully saturated rings. The van der Waals surface area contributed by atoms with E-state index in [-0.39, 0.29) is 5.78 Å². The van der Waals surface area contributed by atoms with Gasteiger partial charge in [-0.1, -0.05) is 52.0 Å². The van der Waals surface area contributed by atoms with E-state index < -0.39 is 0 Å². The summed E-state index contributed by atoms with van der Waals surface area (Å²) in [6.45, 7) is 8.41. The molecule has 0 N–H and O–H groups in total. The van der Waals surface area contributed by atoms with Gasteiger partial charge in [-0.25, -0.2) is 0 Å². The molecule has 0 spiro atoms. The second kappa shape index (κ2) is 5.11. The van der Waals surface area contributed by atoms with Crippen LogP contribution in [0.4, 0.5) is 0 Å². The van der Waals surface area contributed by atoms with Crippen molar-refractivity contribution in [1.82, 2.24) is 0 Å². The molecule has 0 aromatic heterocycles. The molecule has 0 aliphatic heterocycles. The predicted octanol–water partition coefficient (Wildman–Crippen LogP) is 4.04. The first-order valence-electron chi connectivity index (χ1n) is 5.64. The molecule has 1 heteroatoms. The quantitative estimate of drug-likeness (QED) is 0.676. The lowest BCUT2D eigenvalue weighted by Crippen LogP contribution is -2.07. The number of Topliss-reactive ketones (excluding diaryl/α,β-unsaturated/α-hetero) is 1. The van der Waals surface area contributed by atoms with Crippen molar-refractivity contribution in [2.24, 2.45) is 5.92 Å². The second-order valence-corrected chi connectivity index (χ2v) is 4.76. The molecule has 0 amide bonds. The van der Waals surface area contributed by atoms with Crippen LogP contribution >= 0.6 is 0 Å². The highest BCUT2D eigenvalue weighted by Crippen LogP contribution is 2.21. The lowest BCUT2D eigenvalue weighted by Gasteiger charge is -2.12. The Morgan fingerprint density at radius 1 is 1.13 bits per heavy atom. The topological polar surface area (TPSA) is 17.1 Å². The first kappa shape index (κ1) is 12.0. The standard InChI is InChI=1S/C14H20O/c1-10(2)9-14(15)13-8-6-5-7-12(13)11(3)4/h5-8,10-11H,9H2,1-4H3. The largest absolute Gasteiger partial charge is 0.294 e. The highest BCUT2D eigenvalue weighted by Gasteiger charge is 2.13. The Bertz CT molecular complexity index is 337. The number of carbonyl (C=O) groups excluding carboxylic acids is 1. The van der Waals surface area contributed by atoms with Gasteiger partial charge in [0.05, 0.1) is 0 Å². The molecule has 0 saturated carbocycles. The lowest BCUT2D eigenvalue weighted by atomic mass is 9.92. The Hall–Kier alpha value is -1.11. The van der Waals surface area contributed by atoms with E-state index in [0.29, 0.717) is 18.3 Å². The van der Waals surface area contributed by atoms with E-state index >= 15 is 0 Å². The monoisotopic (exact) mass is 204 g/mol. The number of ketones is 1. The predicted molar refractivity (Wildman–Crippen MR) is 64.3 cm³/mol. The van der Waals surface area contributed by atoms with Crippen molar-refractivity contribution in [3.8, 4) is 0 Å². The maximum absolute atomic E-state index is 12.0. The molecule has 0 heterocycles. The van der Waals surface area contributed by atoms with Crippen LogP contribution in [0, 0.1) is 5.92 Å². The fourth-order valence-corrected chi connectivity index (χ4v) is 1.74. The Morgan fingerprint density at radius 3 is 2.27 bits per heavy atom. The lowest BCUT2D eigenvalue weighted by molar-refractivity contribution is 0.0966. The van der Waals surface area contributed by atoms with Gasteiger partial charge in [0, 0.05) is 12.0 Å². The van der Waals surface area contributed by atoms with Gasteiger partial charge in [-0.3, -0.25) is 4.79 Å². The molecule has 0 aliphatic carbocycles. The first-order chi connectivity index (χ1) is 7.02. The zero-order valence-corrected chi connectivity index (χ0v) is 10.1. The van der Waals surface area contributed by atoms with Crippen LogP contribution in [0.15, 0.2) is 24.3 Å². The SMILES string of the molecule is CC(C)CC(=O)c1ccccc1C(C)C. The van der Waals surface area contributed by atoms with Gasteiger partial charge >= 0.3 is 0 Å². The smallest absolute Gasteiger partial charge is 0.163 e. The number of carbonyl (C=O) groups is 1. The molecule has 0 aliphatic rings. The van der Waals surface area contributed by atoms with Crippen molar-refractivity contribution in [3.63, 3.8) is 0 Å². The molecule has 0 saturated heterocycles. The fraction of sp³-hybridized carbons (Fsp3) is 0.500. The molecular formula is C14H20O. The molecule has 15 heavy (non-hydrogen) atoms. The third-order valence-corrected chi connectivity index (χ3v) is 2.48. The second-order valence-electron chi connectivity index (χ2n) is 4.76. The minimum Gasteiger partial charge on any atom is -0.294 e. The van der Waals surface area contributed by atoms with E-state index in [0.717, 1.165) is 5.56 Å². The van der Waals surface area contributed by atoms with Gasteiger partial charge in [0.1, 0.15) is 0 Å². The number of benzene rings is 1. The van der Waals surface area contributed by atoms with Crippen LogP contribution in [0.1, 0.15) is 56.0 Å². The van der Waals surface area contributed by atoms with Crippen LogP contribution in [0.2, 0.25) is 0 Å². The van der Waals surface area contributed by atoms with Gasteiger partial charge < -0.3 is 0 Å². The fourth-order valence-electron chi connectivity index (χ4n) is 1.74. The van der Waals surface area contributed by atoms with Crippen LogP contribution in [0.5, 0.6) is 0 Å². The van der Waals surface area contributed by atoms with Crippen molar-refractivity contribution in [3.05, 3.63) is 35.4 Å². The zero-order valence-electron chi connectivity index (χ0n) is 10.1. The molecule has 82 valence electrons. The normalized spacial score (nSPS) is 11.1. The molecule has 0 atom stereocenters. The summed E-state index contributed by atoms with van der Waals surface area (Å²) in [5.41, 5.74) is 2.07. The van der Waals surface area contributed by atoms with Gasteiger partial charge in [0.15, 0.2) is 5.78 Å². The molecule has 1 rings (SSSR count). The van der Waals surface area contributed by atoms with Crippen LogP contribution in [-0.2, 0) is 0 Å². The van der Waals surface area contributed by atoms with Crippen LogP contribution < -0.4 is 0 Å². The van der Waals surface area contributed by atoms with Crippen molar-refractivity contribution in [1.29, 1.82) is 0 Å². The minimum atomic E-state index is 0.272. The Labute approximate surface area is 92.5 Å². The van der Waals surface area contributed by atoms with Crippen LogP contribution in [0.3, 0.4) is 0 Å². The summed E-state index contributed by atoms with van der Waals surface area (Å²) in [4.78, 5) is 12.0. The van der Waals surface area contributed by atoms with Gasteiger partial charge in [-0.15, -0.1) is 0 Å². The van der Waals surface area contributed by atoms with E-state index in [9.17, 15) is 4.79 Å². The third-order valence-electron chi connectivity index (χ3n) is 2.48. The highest BCUT2D eigenvalue weighted by atomic mass is 16.1. The van der Waals surface area contributed by atoms with E-state index in [1.54, 1.807) is 0 Å². The maximum atomic E-state index is 12.0. The van der Waals surface area contributed by atoms with Crippen molar-refractivity contribution in [2.75, 3.05) is 0 Å². The van der Waals surface area contributed by atoms with Gasteiger partial charge in [-0.2, -0.15) is 0 Å². The zero-order chi connectivity index (χ0) is 11.4. The number of hydrogen-bond donors (Lipinski definition) is 0. The van der Waals surface area contributed by atoms with Gasteiger partial charge in [0.25, 0.3) is 0 Å². The number of hydrogen-bond acceptors (Lipinski definition) is 1. The Kier molecular flexibility index (Phi) is 4.07. The average molecular weight is 204 g/mol. The third kappa shape index (κ3) is 3.19. The minimum absolute atomic E-state index is 0.272. The highest BCUT2D eigenvalue weighted by molar-refractivity contribution is 5.97. The summed E-state index contributed by atoms with van der Waals surface area (Å²) < 4.78 is 0. The Balaban J connectivity index is 2.97. The van der Waals surface area contributed by atoms with Crippen LogP contribution in [-0.4, -0.2) is 5.78 Å². The molecule has 1 nitrogen and oxygen atoms in total. The van der Waals surface area contributed by atoms with Crippen molar-refractivity contribution < 1.29 is 4.79 Å². The van der Waals surface area contributed by atoms with E-state index in [1.807, 2.05) is 18.2 Å². The number of rotatable bonds is 4. The van der Waals surface area contributed by atoms with Gasteiger partial charge in [-0.05, 0) is 17.4 Å². The van der Waals surface area contributed by atoms with E-state index in [2.05, 4.69) is 33.8 Å². The molecule has 0 unspecified atom stereocenters. The summed E-state index contributed by atoms with van der Waals surface area (Å²) in [5.74, 6) is 1.12. The summed E-state index contributed by atoms with van der Waals surface area (Å²) in [5, 5.41) is 0. The molecule has 0 bridgehead atoms. The summed E-state index contributed by atoms with van der Waals surface area (Å²) >= 11 is 0. The molecular weight excluding hydrogens is 184 g/mol. The summed E-state index contributed by atoms with van der Waals surface area (Å²) in [7, 11) is 0. The van der Waals surface area contributed by atoms with Crippen molar-refractivity contribution >= 4 is 5.78 Å². The van der Waals surface area contributed by atoms with E-state index in [4.69, 9.17) is 0 Å². The molecule has 0 radical (unpaired) electrons. The van der Waals surface area contributed by atoms with E-state index in [1.165, 1.54) is 5.56 Å². The Morgan fingerprint density at radius 2 is 1.73 bits per heavy atom. The first-order valence-corrected chi connectivity index (χ1v) is 5.64. The molecule has 1 aromatic rings. The van der Waals surface area contributed by atoms with Crippen molar-refractivity contribution in [2.45, 2.75) is 40.0 Å². The average Bonchev–Trinajstić information content (AvgIpc) is 2.16. The van der Waals surface area contributed by atoms with Gasteiger partial charge in [0.2, 0.25) is 0 Å².